The van der Waals surface area contributed by atoms with Crippen LogP contribution in [0.3, 0.4) is 0 Å². The van der Waals surface area contributed by atoms with Crippen molar-refractivity contribution < 1.29 is 19.4 Å². The van der Waals surface area contributed by atoms with Crippen molar-refractivity contribution in [1.29, 1.82) is 0 Å². The normalized spacial score (nSPS) is 9.23. The summed E-state index contributed by atoms with van der Waals surface area (Å²) in [5.74, 6) is -0.487. The number of aldehydes is 1. The van der Waals surface area contributed by atoms with Gasteiger partial charge in [0.25, 0.3) is 0 Å². The van der Waals surface area contributed by atoms with Crippen molar-refractivity contribution >= 4 is 12.3 Å². The number of ether oxygens (including phenoxy) is 1. The van der Waals surface area contributed by atoms with Crippen molar-refractivity contribution in [3.8, 4) is 5.75 Å². The number of carbonyl (C=O) groups excluding carboxylic acids is 2. The summed E-state index contributed by atoms with van der Waals surface area (Å²) >= 11 is 0. The molecule has 0 aliphatic heterocycles. The van der Waals surface area contributed by atoms with E-state index in [0.717, 1.165) is 0 Å². The van der Waals surface area contributed by atoms with E-state index in [0.29, 0.717) is 17.6 Å². The summed E-state index contributed by atoms with van der Waals surface area (Å²) in [5.41, 5.74) is 0.378. The van der Waals surface area contributed by atoms with Gasteiger partial charge in [-0.3, -0.25) is 4.79 Å². The van der Waals surface area contributed by atoms with Gasteiger partial charge < -0.3 is 9.84 Å². The fraction of sp³-hybridized carbons (Fsp3) is 0.111. The summed E-state index contributed by atoms with van der Waals surface area (Å²) in [6.07, 6.45) is 0.643. The molecule has 0 aliphatic carbocycles. The minimum absolute atomic E-state index is 0.329. The van der Waals surface area contributed by atoms with Crippen molar-refractivity contribution in [3.05, 3.63) is 29.8 Å². The molecule has 68 valence electrons. The SMILES string of the molecule is O=Cc1ccccc1OCC(=O)[OH2+]. The number of carbonyl (C=O) groups is 2. The van der Waals surface area contributed by atoms with E-state index in [1.54, 1.807) is 24.3 Å². The summed E-state index contributed by atoms with van der Waals surface area (Å²) in [4.78, 5) is 20.7. The van der Waals surface area contributed by atoms with Gasteiger partial charge in [-0.05, 0) is 12.1 Å². The fourth-order valence-electron chi connectivity index (χ4n) is 0.853. The maximum Gasteiger partial charge on any atom is 0.553 e. The van der Waals surface area contributed by atoms with Crippen LogP contribution in [0.15, 0.2) is 24.3 Å². The molecule has 0 spiro atoms. The molecular formula is C9H9O4+. The van der Waals surface area contributed by atoms with Crippen molar-refractivity contribution in [2.45, 2.75) is 0 Å². The lowest BCUT2D eigenvalue weighted by Crippen LogP contribution is -2.10. The van der Waals surface area contributed by atoms with Gasteiger partial charge in [-0.2, -0.15) is 0 Å². The Balaban J connectivity index is 2.75. The van der Waals surface area contributed by atoms with Gasteiger partial charge in [0.15, 0.2) is 6.29 Å². The average molecular weight is 181 g/mol. The Morgan fingerprint density at radius 2 is 2.15 bits per heavy atom. The molecule has 0 aromatic heterocycles. The second-order valence-corrected chi connectivity index (χ2v) is 2.37. The van der Waals surface area contributed by atoms with E-state index in [-0.39, 0.29) is 6.61 Å². The highest BCUT2D eigenvalue weighted by molar-refractivity contribution is 5.79. The van der Waals surface area contributed by atoms with Crippen LogP contribution in [-0.4, -0.2) is 24.0 Å². The van der Waals surface area contributed by atoms with Crippen molar-refractivity contribution in [2.75, 3.05) is 6.61 Å². The first-order valence-electron chi connectivity index (χ1n) is 3.65. The average Bonchev–Trinajstić information content (AvgIpc) is 2.15. The van der Waals surface area contributed by atoms with E-state index in [9.17, 15) is 9.59 Å². The number of hydrogen-bond acceptors (Lipinski definition) is 3. The molecule has 4 nitrogen and oxygen atoms in total. The molecule has 0 unspecified atom stereocenters. The van der Waals surface area contributed by atoms with Crippen LogP contribution in [0.5, 0.6) is 5.75 Å². The van der Waals surface area contributed by atoms with Crippen LogP contribution in [0, 0.1) is 0 Å². The molecule has 1 aromatic carbocycles. The molecule has 4 heteroatoms. The maximum absolute atomic E-state index is 10.5. The van der Waals surface area contributed by atoms with E-state index in [2.05, 4.69) is 0 Å². The Bertz CT molecular complexity index is 319. The molecule has 1 rings (SSSR count). The van der Waals surface area contributed by atoms with Crippen molar-refractivity contribution in [2.24, 2.45) is 0 Å². The predicted molar refractivity (Wildman–Crippen MR) is 45.9 cm³/mol. The summed E-state index contributed by atoms with van der Waals surface area (Å²) in [6, 6.07) is 6.54. The predicted octanol–water partition coefficient (Wildman–Crippen LogP) is 0.129. The molecule has 0 atom stereocenters. The molecule has 0 bridgehead atoms. The minimum atomic E-state index is -0.819. The highest BCUT2D eigenvalue weighted by Crippen LogP contribution is 2.14. The number of para-hydroxylation sites is 1. The van der Waals surface area contributed by atoms with Crippen LogP contribution >= 0.6 is 0 Å². The van der Waals surface area contributed by atoms with Gasteiger partial charge in [-0.25, -0.2) is 0 Å². The summed E-state index contributed by atoms with van der Waals surface area (Å²) in [5, 5.41) is 6.60. The largest absolute Gasteiger partial charge is 0.562 e. The minimum Gasteiger partial charge on any atom is -0.562 e. The molecule has 0 amide bonds. The Morgan fingerprint density at radius 3 is 2.77 bits per heavy atom. The third kappa shape index (κ3) is 2.59. The van der Waals surface area contributed by atoms with Gasteiger partial charge in [0.05, 0.1) is 5.56 Å². The monoisotopic (exact) mass is 181 g/mol. The van der Waals surface area contributed by atoms with Gasteiger partial charge >= 0.3 is 5.97 Å². The first-order chi connectivity index (χ1) is 6.24. The summed E-state index contributed by atoms with van der Waals surface area (Å²) in [7, 11) is 0. The van der Waals surface area contributed by atoms with Gasteiger partial charge in [-0.1, -0.05) is 12.1 Å². The van der Waals surface area contributed by atoms with Crippen LogP contribution in [0.25, 0.3) is 0 Å². The molecule has 13 heavy (non-hydrogen) atoms. The van der Waals surface area contributed by atoms with Crippen molar-refractivity contribution in [1.82, 2.24) is 0 Å². The van der Waals surface area contributed by atoms with E-state index in [1.165, 1.54) is 0 Å². The van der Waals surface area contributed by atoms with Gasteiger partial charge in [0, 0.05) is 4.79 Å². The third-order valence-corrected chi connectivity index (χ3v) is 1.40. The molecule has 2 N–H and O–H groups in total. The molecule has 0 saturated heterocycles. The van der Waals surface area contributed by atoms with Crippen LogP contribution in [0.2, 0.25) is 0 Å². The van der Waals surface area contributed by atoms with Gasteiger partial charge in [-0.15, -0.1) is 0 Å². The summed E-state index contributed by atoms with van der Waals surface area (Å²) < 4.78 is 4.92. The lowest BCUT2D eigenvalue weighted by Gasteiger charge is -2.02. The lowest BCUT2D eigenvalue weighted by atomic mass is 10.2. The van der Waals surface area contributed by atoms with Gasteiger partial charge in [0.2, 0.25) is 6.61 Å². The van der Waals surface area contributed by atoms with Crippen LogP contribution < -0.4 is 4.74 Å². The van der Waals surface area contributed by atoms with E-state index >= 15 is 0 Å². The zero-order valence-electron chi connectivity index (χ0n) is 6.82. The molecule has 0 fully saturated rings. The quantitative estimate of drug-likeness (QED) is 0.489. The second-order valence-electron chi connectivity index (χ2n) is 2.37. The third-order valence-electron chi connectivity index (χ3n) is 1.40. The van der Waals surface area contributed by atoms with E-state index in [4.69, 9.17) is 9.84 Å². The van der Waals surface area contributed by atoms with Crippen LogP contribution in [-0.2, 0) is 4.79 Å². The topological polar surface area (TPSA) is 66.3 Å². The zero-order chi connectivity index (χ0) is 9.68. The zero-order valence-corrected chi connectivity index (χ0v) is 6.82. The molecule has 0 radical (unpaired) electrons. The standard InChI is InChI=1S/C9H8O4/c10-5-7-3-1-2-4-8(7)13-6-9(11)12/h1-5H,6H2,(H,11,12)/p+1. The van der Waals surface area contributed by atoms with Crippen LogP contribution in [0.1, 0.15) is 10.4 Å². The Morgan fingerprint density at radius 1 is 1.46 bits per heavy atom. The molecule has 0 aliphatic rings. The maximum atomic E-state index is 10.5. The lowest BCUT2D eigenvalue weighted by molar-refractivity contribution is -0.139. The highest BCUT2D eigenvalue weighted by Gasteiger charge is 2.08. The van der Waals surface area contributed by atoms with Crippen LogP contribution in [0.4, 0.5) is 0 Å². The Kier molecular flexibility index (Phi) is 3.03. The van der Waals surface area contributed by atoms with E-state index < -0.39 is 5.97 Å². The summed E-state index contributed by atoms with van der Waals surface area (Å²) in [6.45, 7) is -0.329. The first-order valence-corrected chi connectivity index (χ1v) is 3.65. The van der Waals surface area contributed by atoms with E-state index in [1.807, 2.05) is 0 Å². The second kappa shape index (κ2) is 4.25. The number of hydrogen-bond donors (Lipinski definition) is 0. The number of benzene rings is 1. The molecular weight excluding hydrogens is 172 g/mol. The Hall–Kier alpha value is -1.84. The molecule has 0 heterocycles. The fourth-order valence-corrected chi connectivity index (χ4v) is 0.853. The number of rotatable bonds is 4. The molecule has 0 saturated carbocycles. The smallest absolute Gasteiger partial charge is 0.553 e. The molecule has 1 aromatic rings. The first kappa shape index (κ1) is 9.25. The van der Waals surface area contributed by atoms with Crippen molar-refractivity contribution in [3.63, 3.8) is 0 Å². The van der Waals surface area contributed by atoms with Gasteiger partial charge in [0.1, 0.15) is 5.75 Å². The Labute approximate surface area is 74.8 Å². The highest BCUT2D eigenvalue weighted by atomic mass is 16.5.